The van der Waals surface area contributed by atoms with E-state index >= 15 is 0 Å². The van der Waals surface area contributed by atoms with Crippen molar-refractivity contribution in [2.75, 3.05) is 6.54 Å². The molecule has 46 heavy (non-hydrogen) atoms. The standard InChI is InChI=1S/C39H39N5O2/c1-28-35(29(2)42(3)41-28)20-21-38(45)44(26-31-16-18-33(19-17-31)36-15-9-10-23-40-36)37(25-30-11-5-4-6-12-30)39(46)43-24-22-32-13-7-8-14-34(32)27-43/h4-21,23,37H,22,24-27H2,1-3H3/t37-/m0/s1. The zero-order chi connectivity index (χ0) is 32.0. The van der Waals surface area contributed by atoms with Gasteiger partial charge in [-0.3, -0.25) is 19.3 Å². The largest absolute Gasteiger partial charge is 0.336 e. The number of nitrogens with zero attached hydrogens (tertiary/aromatic N) is 5. The summed E-state index contributed by atoms with van der Waals surface area (Å²) in [6.45, 7) is 5.36. The first kappa shape index (κ1) is 30.7. The van der Waals surface area contributed by atoms with Gasteiger partial charge < -0.3 is 9.80 Å². The van der Waals surface area contributed by atoms with Crippen molar-refractivity contribution in [2.45, 2.75) is 45.8 Å². The van der Waals surface area contributed by atoms with E-state index in [-0.39, 0.29) is 18.4 Å². The summed E-state index contributed by atoms with van der Waals surface area (Å²) in [6, 6.07) is 31.5. The Morgan fingerprint density at radius 3 is 2.28 bits per heavy atom. The molecule has 0 spiro atoms. The van der Waals surface area contributed by atoms with Gasteiger partial charge in [-0.1, -0.05) is 84.9 Å². The van der Waals surface area contributed by atoms with Crippen LogP contribution in [0.1, 0.15) is 39.2 Å². The summed E-state index contributed by atoms with van der Waals surface area (Å²) < 4.78 is 1.82. The summed E-state index contributed by atoms with van der Waals surface area (Å²) >= 11 is 0. The molecule has 0 unspecified atom stereocenters. The van der Waals surface area contributed by atoms with E-state index in [9.17, 15) is 9.59 Å². The zero-order valence-corrected chi connectivity index (χ0v) is 26.6. The number of hydrogen-bond donors (Lipinski definition) is 0. The quantitative estimate of drug-likeness (QED) is 0.183. The number of fused-ring (bicyclic) bond motifs is 1. The smallest absolute Gasteiger partial charge is 0.247 e. The van der Waals surface area contributed by atoms with Crippen molar-refractivity contribution in [3.8, 4) is 11.3 Å². The van der Waals surface area contributed by atoms with E-state index < -0.39 is 6.04 Å². The highest BCUT2D eigenvalue weighted by Crippen LogP contribution is 2.24. The molecule has 1 atom stereocenters. The molecule has 0 bridgehead atoms. The summed E-state index contributed by atoms with van der Waals surface area (Å²) in [5.41, 5.74) is 8.99. The maximum atomic E-state index is 14.6. The van der Waals surface area contributed by atoms with Gasteiger partial charge in [0.25, 0.3) is 0 Å². The molecule has 3 aromatic carbocycles. The minimum Gasteiger partial charge on any atom is -0.336 e. The molecule has 0 fully saturated rings. The summed E-state index contributed by atoms with van der Waals surface area (Å²) in [5.74, 6) is -0.262. The molecule has 1 aliphatic rings. The topological polar surface area (TPSA) is 71.3 Å². The first-order chi connectivity index (χ1) is 22.4. The lowest BCUT2D eigenvalue weighted by atomic mass is 9.97. The van der Waals surface area contributed by atoms with E-state index in [1.54, 1.807) is 17.2 Å². The second-order valence-electron chi connectivity index (χ2n) is 11.9. The molecular weight excluding hydrogens is 570 g/mol. The Labute approximate surface area is 270 Å². The van der Waals surface area contributed by atoms with Gasteiger partial charge in [-0.25, -0.2) is 0 Å². The highest BCUT2D eigenvalue weighted by molar-refractivity contribution is 5.96. The Hall–Kier alpha value is -5.30. The fraction of sp³-hybridized carbons (Fsp3) is 0.231. The summed E-state index contributed by atoms with van der Waals surface area (Å²) in [7, 11) is 1.90. The lowest BCUT2D eigenvalue weighted by molar-refractivity contribution is -0.144. The van der Waals surface area contributed by atoms with Crippen LogP contribution in [0.5, 0.6) is 0 Å². The third-order valence-corrected chi connectivity index (χ3v) is 8.88. The van der Waals surface area contributed by atoms with Crippen LogP contribution in [0.25, 0.3) is 17.3 Å². The van der Waals surface area contributed by atoms with Crippen molar-refractivity contribution in [2.24, 2.45) is 7.05 Å². The van der Waals surface area contributed by atoms with Crippen LogP contribution in [0.3, 0.4) is 0 Å². The molecule has 7 heteroatoms. The monoisotopic (exact) mass is 609 g/mol. The lowest BCUT2D eigenvalue weighted by Gasteiger charge is -2.37. The Kier molecular flexibility index (Phi) is 9.20. The molecule has 0 saturated carbocycles. The zero-order valence-electron chi connectivity index (χ0n) is 26.6. The van der Waals surface area contributed by atoms with E-state index in [0.717, 1.165) is 51.3 Å². The average Bonchev–Trinajstić information content (AvgIpc) is 3.34. The van der Waals surface area contributed by atoms with Gasteiger partial charge in [0.15, 0.2) is 0 Å². The van der Waals surface area contributed by atoms with Gasteiger partial charge in [0.2, 0.25) is 11.8 Å². The Balaban J connectivity index is 1.36. The number of pyridine rings is 1. The first-order valence-corrected chi connectivity index (χ1v) is 15.8. The minimum absolute atomic E-state index is 0.0426. The maximum Gasteiger partial charge on any atom is 0.247 e. The van der Waals surface area contributed by atoms with Crippen LogP contribution in [0.15, 0.2) is 109 Å². The van der Waals surface area contributed by atoms with E-state index in [1.807, 2.05) is 121 Å². The molecule has 1 aliphatic heterocycles. The van der Waals surface area contributed by atoms with E-state index in [2.05, 4.69) is 22.2 Å². The van der Waals surface area contributed by atoms with Crippen molar-refractivity contribution in [3.05, 3.63) is 149 Å². The number of aromatic nitrogens is 3. The fourth-order valence-electron chi connectivity index (χ4n) is 6.20. The Bertz CT molecular complexity index is 1850. The number of carbonyl (C=O) groups is 2. The molecule has 6 rings (SSSR count). The molecule has 5 aromatic rings. The third kappa shape index (κ3) is 6.84. The predicted molar refractivity (Wildman–Crippen MR) is 181 cm³/mol. The minimum atomic E-state index is -0.698. The van der Waals surface area contributed by atoms with Gasteiger partial charge in [0, 0.05) is 62.2 Å². The molecule has 0 radical (unpaired) electrons. The van der Waals surface area contributed by atoms with Gasteiger partial charge >= 0.3 is 0 Å². The molecule has 232 valence electrons. The van der Waals surface area contributed by atoms with Crippen LogP contribution >= 0.6 is 0 Å². The number of aryl methyl sites for hydroxylation is 2. The molecule has 0 N–H and O–H groups in total. The molecule has 0 saturated heterocycles. The first-order valence-electron chi connectivity index (χ1n) is 15.8. The molecule has 3 heterocycles. The van der Waals surface area contributed by atoms with Crippen LogP contribution in [0.2, 0.25) is 0 Å². The van der Waals surface area contributed by atoms with Crippen LogP contribution in [-0.4, -0.2) is 49.0 Å². The number of amides is 2. The van der Waals surface area contributed by atoms with Crippen molar-refractivity contribution in [1.82, 2.24) is 24.6 Å². The van der Waals surface area contributed by atoms with Crippen molar-refractivity contribution < 1.29 is 9.59 Å². The lowest BCUT2D eigenvalue weighted by Crippen LogP contribution is -2.52. The van der Waals surface area contributed by atoms with Gasteiger partial charge in [-0.15, -0.1) is 0 Å². The van der Waals surface area contributed by atoms with Gasteiger partial charge in [0.05, 0.1) is 11.4 Å². The van der Waals surface area contributed by atoms with Crippen molar-refractivity contribution in [1.29, 1.82) is 0 Å². The van der Waals surface area contributed by atoms with Gasteiger partial charge in [0.1, 0.15) is 6.04 Å². The SMILES string of the molecule is Cc1nn(C)c(C)c1C=CC(=O)N(Cc1ccc(-c2ccccn2)cc1)[C@@H](Cc1ccccc1)C(=O)N1CCc2ccccc2C1. The maximum absolute atomic E-state index is 14.6. The van der Waals surface area contributed by atoms with Crippen LogP contribution < -0.4 is 0 Å². The molecule has 2 aromatic heterocycles. The Morgan fingerprint density at radius 2 is 1.59 bits per heavy atom. The summed E-state index contributed by atoms with van der Waals surface area (Å²) in [6.07, 6.45) is 6.41. The van der Waals surface area contributed by atoms with Crippen molar-refractivity contribution in [3.63, 3.8) is 0 Å². The molecular formula is C39H39N5O2. The predicted octanol–water partition coefficient (Wildman–Crippen LogP) is 6.34. The van der Waals surface area contributed by atoms with Crippen LogP contribution in [0.4, 0.5) is 0 Å². The average molecular weight is 610 g/mol. The number of rotatable bonds is 9. The number of hydrogen-bond acceptors (Lipinski definition) is 4. The Morgan fingerprint density at radius 1 is 0.870 bits per heavy atom. The van der Waals surface area contributed by atoms with E-state index in [4.69, 9.17) is 0 Å². The van der Waals surface area contributed by atoms with Crippen LogP contribution in [-0.2, 0) is 42.6 Å². The van der Waals surface area contributed by atoms with E-state index in [1.165, 1.54) is 5.56 Å². The van der Waals surface area contributed by atoms with Crippen molar-refractivity contribution >= 4 is 17.9 Å². The summed E-state index contributed by atoms with van der Waals surface area (Å²) in [4.78, 5) is 37.0. The fourth-order valence-corrected chi connectivity index (χ4v) is 6.20. The van der Waals surface area contributed by atoms with Crippen LogP contribution in [0, 0.1) is 13.8 Å². The number of benzene rings is 3. The van der Waals surface area contributed by atoms with Gasteiger partial charge in [-0.2, -0.15) is 5.10 Å². The van der Waals surface area contributed by atoms with E-state index in [0.29, 0.717) is 19.5 Å². The normalized spacial score (nSPS) is 13.4. The summed E-state index contributed by atoms with van der Waals surface area (Å²) in [5, 5.41) is 4.51. The second-order valence-corrected chi connectivity index (χ2v) is 11.9. The highest BCUT2D eigenvalue weighted by Gasteiger charge is 2.34. The molecule has 2 amide bonds. The highest BCUT2D eigenvalue weighted by atomic mass is 16.2. The third-order valence-electron chi connectivity index (χ3n) is 8.88. The second kappa shape index (κ2) is 13.8. The number of carbonyl (C=O) groups excluding carboxylic acids is 2. The van der Waals surface area contributed by atoms with Gasteiger partial charge in [-0.05, 0) is 60.7 Å². The molecule has 7 nitrogen and oxygen atoms in total. The molecule has 0 aliphatic carbocycles.